The molecule has 1 aliphatic rings. The van der Waals surface area contributed by atoms with Gasteiger partial charge in [0.1, 0.15) is 11.8 Å². The van der Waals surface area contributed by atoms with Crippen molar-refractivity contribution in [2.75, 3.05) is 20.2 Å². The Bertz CT molecular complexity index is 1880. The molecule has 0 unspecified atom stereocenters. The van der Waals surface area contributed by atoms with Gasteiger partial charge in [0.2, 0.25) is 0 Å². The third kappa shape index (κ3) is 4.83. The SMILES string of the molecule is CCN(CC)C(=O)C1=C(C)N=c2s/c(=C/c3cc(C)n(-c4c(C)cccc4C)c3C)c(=O)n2[C@H]1c1ccccc1OC. The summed E-state index contributed by atoms with van der Waals surface area (Å²) in [7, 11) is 1.61. The molecule has 2 aromatic carbocycles. The zero-order valence-electron chi connectivity index (χ0n) is 25.6. The second kappa shape index (κ2) is 11.6. The molecule has 0 bridgehead atoms. The van der Waals surface area contributed by atoms with Gasteiger partial charge in [0, 0.05) is 30.0 Å². The highest BCUT2D eigenvalue weighted by Crippen LogP contribution is 2.36. The van der Waals surface area contributed by atoms with Crippen molar-refractivity contribution < 1.29 is 9.53 Å². The van der Waals surface area contributed by atoms with Gasteiger partial charge in [0.25, 0.3) is 11.5 Å². The summed E-state index contributed by atoms with van der Waals surface area (Å²) in [4.78, 5) is 35.3. The number of allylic oxidation sites excluding steroid dienone is 1. The van der Waals surface area contributed by atoms with E-state index in [1.807, 2.05) is 51.1 Å². The van der Waals surface area contributed by atoms with Crippen LogP contribution >= 0.6 is 11.3 Å². The number of rotatable bonds is 7. The van der Waals surface area contributed by atoms with Crippen molar-refractivity contribution in [1.29, 1.82) is 0 Å². The molecule has 4 aromatic rings. The van der Waals surface area contributed by atoms with Gasteiger partial charge in [-0.2, -0.15) is 0 Å². The van der Waals surface area contributed by atoms with Crippen LogP contribution in [0.25, 0.3) is 11.8 Å². The third-order valence-electron chi connectivity index (χ3n) is 8.16. The Labute approximate surface area is 250 Å². The molecule has 0 spiro atoms. The van der Waals surface area contributed by atoms with Crippen molar-refractivity contribution in [3.63, 3.8) is 0 Å². The number of para-hydroxylation sites is 2. The Kier molecular flexibility index (Phi) is 8.10. The molecule has 0 saturated carbocycles. The maximum atomic E-state index is 14.3. The minimum Gasteiger partial charge on any atom is -0.496 e. The Morgan fingerprint density at radius 3 is 2.33 bits per heavy atom. The smallest absolute Gasteiger partial charge is 0.271 e. The zero-order valence-corrected chi connectivity index (χ0v) is 26.4. The standard InChI is InChI=1S/C34H38N4O3S/c1-9-36(10-2)33(40)29-23(6)35-34-38(31(29)26-16-11-12-17-27(26)41-8)32(39)28(42-34)19-25-18-22(5)37(24(25)7)30-20(3)14-13-15-21(30)4/h11-19,31H,9-10H2,1-8H3/b28-19+/t31-/m0/s1. The lowest BCUT2D eigenvalue weighted by molar-refractivity contribution is -0.127. The first-order valence-corrected chi connectivity index (χ1v) is 15.1. The number of ether oxygens (including phenoxy) is 1. The van der Waals surface area contributed by atoms with Gasteiger partial charge in [-0.1, -0.05) is 47.7 Å². The van der Waals surface area contributed by atoms with Gasteiger partial charge in [-0.15, -0.1) is 0 Å². The fourth-order valence-corrected chi connectivity index (χ4v) is 7.08. The van der Waals surface area contributed by atoms with Crippen LogP contribution in [0, 0.1) is 27.7 Å². The number of carbonyl (C=O) groups is 1. The fraction of sp³-hybridized carbons (Fsp3) is 0.324. The van der Waals surface area contributed by atoms with Crippen molar-refractivity contribution in [2.24, 2.45) is 4.99 Å². The van der Waals surface area contributed by atoms with Crippen LogP contribution in [-0.4, -0.2) is 40.1 Å². The maximum absolute atomic E-state index is 14.3. The monoisotopic (exact) mass is 582 g/mol. The number of methoxy groups -OCH3 is 1. The maximum Gasteiger partial charge on any atom is 0.271 e. The van der Waals surface area contributed by atoms with Crippen LogP contribution in [-0.2, 0) is 4.79 Å². The van der Waals surface area contributed by atoms with Crippen LogP contribution in [0.1, 0.15) is 60.5 Å². The first kappa shape index (κ1) is 29.3. The molecule has 1 amide bonds. The van der Waals surface area contributed by atoms with Crippen LogP contribution in [0.3, 0.4) is 0 Å². The van der Waals surface area contributed by atoms with Gasteiger partial charge in [-0.3, -0.25) is 14.2 Å². The molecular weight excluding hydrogens is 544 g/mol. The Balaban J connectivity index is 1.74. The van der Waals surface area contributed by atoms with E-state index in [0.29, 0.717) is 39.4 Å². The van der Waals surface area contributed by atoms with Gasteiger partial charge < -0.3 is 14.2 Å². The predicted molar refractivity (Wildman–Crippen MR) is 169 cm³/mol. The number of hydrogen-bond acceptors (Lipinski definition) is 5. The second-order valence-corrected chi connectivity index (χ2v) is 11.7. The highest BCUT2D eigenvalue weighted by Gasteiger charge is 2.35. The lowest BCUT2D eigenvalue weighted by Gasteiger charge is -2.29. The zero-order chi connectivity index (χ0) is 30.3. The summed E-state index contributed by atoms with van der Waals surface area (Å²) in [6.07, 6.45) is 1.96. The molecule has 1 aliphatic heterocycles. The first-order chi connectivity index (χ1) is 20.1. The number of aryl methyl sites for hydroxylation is 3. The van der Waals surface area contributed by atoms with Crippen LogP contribution in [0.15, 0.2) is 69.6 Å². The van der Waals surface area contributed by atoms with E-state index in [-0.39, 0.29) is 11.5 Å². The average Bonchev–Trinajstić information content (AvgIpc) is 3.42. The molecule has 8 heteroatoms. The molecule has 0 aliphatic carbocycles. The number of thiazole rings is 1. The van der Waals surface area contributed by atoms with Gasteiger partial charge in [0.15, 0.2) is 4.80 Å². The highest BCUT2D eigenvalue weighted by atomic mass is 32.1. The molecule has 1 atom stereocenters. The summed E-state index contributed by atoms with van der Waals surface area (Å²) in [6, 6.07) is 15.4. The molecule has 7 nitrogen and oxygen atoms in total. The third-order valence-corrected chi connectivity index (χ3v) is 9.14. The molecule has 42 heavy (non-hydrogen) atoms. The first-order valence-electron chi connectivity index (χ1n) is 14.3. The lowest BCUT2D eigenvalue weighted by Crippen LogP contribution is -2.43. The Morgan fingerprint density at radius 2 is 1.69 bits per heavy atom. The van der Waals surface area contributed by atoms with Crippen LogP contribution in [0.4, 0.5) is 0 Å². The van der Waals surface area contributed by atoms with E-state index in [9.17, 15) is 9.59 Å². The summed E-state index contributed by atoms with van der Waals surface area (Å²) in [5.41, 5.74) is 8.38. The van der Waals surface area contributed by atoms with Crippen molar-refractivity contribution >= 4 is 23.3 Å². The molecule has 0 N–H and O–H groups in total. The number of hydrogen-bond donors (Lipinski definition) is 0. The predicted octanol–water partition coefficient (Wildman–Crippen LogP) is 5.14. The van der Waals surface area contributed by atoms with Crippen molar-refractivity contribution in [2.45, 2.75) is 54.5 Å². The average molecular weight is 583 g/mol. The number of aromatic nitrogens is 2. The van der Waals surface area contributed by atoms with E-state index in [2.05, 4.69) is 56.5 Å². The molecule has 218 valence electrons. The number of fused-ring (bicyclic) bond motifs is 1. The Hall–Kier alpha value is -4.17. The van der Waals surface area contributed by atoms with Gasteiger partial charge >= 0.3 is 0 Å². The minimum absolute atomic E-state index is 0.122. The van der Waals surface area contributed by atoms with E-state index < -0.39 is 6.04 Å². The lowest BCUT2D eigenvalue weighted by atomic mass is 9.94. The largest absolute Gasteiger partial charge is 0.496 e. The number of amides is 1. The van der Waals surface area contributed by atoms with E-state index >= 15 is 0 Å². The van der Waals surface area contributed by atoms with Crippen molar-refractivity contribution in [3.8, 4) is 11.4 Å². The molecule has 3 heterocycles. The molecular formula is C34H38N4O3S. The second-order valence-electron chi connectivity index (χ2n) is 10.7. The number of nitrogens with zero attached hydrogens (tertiary/aromatic N) is 4. The molecule has 0 radical (unpaired) electrons. The number of carbonyl (C=O) groups excluding carboxylic acids is 1. The van der Waals surface area contributed by atoms with E-state index in [4.69, 9.17) is 9.73 Å². The van der Waals surface area contributed by atoms with Crippen molar-refractivity contribution in [1.82, 2.24) is 14.0 Å². The molecule has 2 aromatic heterocycles. The normalized spacial score (nSPS) is 15.0. The summed E-state index contributed by atoms with van der Waals surface area (Å²) in [6.45, 7) is 15.3. The Morgan fingerprint density at radius 1 is 1.02 bits per heavy atom. The van der Waals surface area contributed by atoms with Gasteiger partial charge in [-0.05, 0) is 83.4 Å². The number of benzene rings is 2. The summed E-state index contributed by atoms with van der Waals surface area (Å²) in [5.74, 6) is 0.498. The van der Waals surface area contributed by atoms with E-state index in [1.54, 1.807) is 16.6 Å². The summed E-state index contributed by atoms with van der Waals surface area (Å²) >= 11 is 1.35. The van der Waals surface area contributed by atoms with Crippen LogP contribution in [0.2, 0.25) is 0 Å². The quantitative estimate of drug-likeness (QED) is 0.303. The van der Waals surface area contributed by atoms with Gasteiger partial charge in [-0.25, -0.2) is 4.99 Å². The molecule has 0 fully saturated rings. The highest BCUT2D eigenvalue weighted by molar-refractivity contribution is 7.07. The van der Waals surface area contributed by atoms with E-state index in [0.717, 1.165) is 22.5 Å². The molecule has 5 rings (SSSR count). The molecule has 0 saturated heterocycles. The van der Waals surface area contributed by atoms with Crippen LogP contribution < -0.4 is 19.6 Å². The number of likely N-dealkylation sites (N-methyl/N-ethyl adjacent to an activating group) is 1. The van der Waals surface area contributed by atoms with Crippen molar-refractivity contribution in [3.05, 3.63) is 113 Å². The van der Waals surface area contributed by atoms with E-state index in [1.165, 1.54) is 28.2 Å². The summed E-state index contributed by atoms with van der Waals surface area (Å²) < 4.78 is 10.2. The summed E-state index contributed by atoms with van der Waals surface area (Å²) in [5, 5.41) is 0. The van der Waals surface area contributed by atoms with Gasteiger partial charge in [0.05, 0.1) is 28.6 Å². The van der Waals surface area contributed by atoms with Crippen LogP contribution in [0.5, 0.6) is 5.75 Å². The minimum atomic E-state index is -0.658. The fourth-order valence-electron chi connectivity index (χ4n) is 6.04. The topological polar surface area (TPSA) is 68.8 Å².